The molecular weight excluding hydrogens is 294 g/mol. The molecule has 2 rings (SSSR count). The first-order valence-electron chi connectivity index (χ1n) is 6.58. The molecule has 0 radical (unpaired) electrons. The van der Waals surface area contributed by atoms with Gasteiger partial charge in [-0.05, 0) is 31.0 Å². The molecule has 0 bridgehead atoms. The lowest BCUT2D eigenvalue weighted by molar-refractivity contribution is 0.362. The fraction of sp³-hybridized carbons (Fsp3) is 0.429. The van der Waals surface area contributed by atoms with Crippen molar-refractivity contribution in [3.05, 3.63) is 41.0 Å². The van der Waals surface area contributed by atoms with E-state index >= 15 is 0 Å². The van der Waals surface area contributed by atoms with Gasteiger partial charge in [-0.15, -0.1) is 11.8 Å². The molecule has 0 saturated heterocycles. The van der Waals surface area contributed by atoms with E-state index in [1.807, 2.05) is 24.3 Å². The Morgan fingerprint density at radius 2 is 2.20 bits per heavy atom. The smallest absolute Gasteiger partial charge is 0.226 e. The summed E-state index contributed by atoms with van der Waals surface area (Å²) in [6, 6.07) is 7.73. The fourth-order valence-electron chi connectivity index (χ4n) is 1.64. The number of nitrogens with zero attached hydrogens (tertiary/aromatic N) is 2. The number of hydrogen-bond acceptors (Lipinski definition) is 5. The van der Waals surface area contributed by atoms with E-state index in [0.29, 0.717) is 29.9 Å². The average molecular weight is 312 g/mol. The minimum Gasteiger partial charge on any atom is -0.339 e. The highest BCUT2D eigenvalue weighted by Gasteiger charge is 2.09. The molecule has 0 spiro atoms. The van der Waals surface area contributed by atoms with Crippen LogP contribution in [0.25, 0.3) is 0 Å². The van der Waals surface area contributed by atoms with Gasteiger partial charge in [0.25, 0.3) is 0 Å². The summed E-state index contributed by atoms with van der Waals surface area (Å²) in [5, 5.41) is 4.73. The van der Waals surface area contributed by atoms with Gasteiger partial charge < -0.3 is 10.3 Å². The van der Waals surface area contributed by atoms with Gasteiger partial charge in [0.2, 0.25) is 5.89 Å². The first kappa shape index (κ1) is 15.4. The molecule has 0 amide bonds. The highest BCUT2D eigenvalue weighted by molar-refractivity contribution is 7.98. The summed E-state index contributed by atoms with van der Waals surface area (Å²) in [5.74, 6) is 2.51. The van der Waals surface area contributed by atoms with Crippen molar-refractivity contribution in [2.24, 2.45) is 11.7 Å². The van der Waals surface area contributed by atoms with Crippen molar-refractivity contribution >= 4 is 23.4 Å². The minimum absolute atomic E-state index is 0.475. The molecule has 0 aliphatic heterocycles. The lowest BCUT2D eigenvalue weighted by Gasteiger charge is -2.04. The van der Waals surface area contributed by atoms with Crippen LogP contribution in [0.4, 0.5) is 0 Å². The third-order valence-corrected chi connectivity index (χ3v) is 4.47. The summed E-state index contributed by atoms with van der Waals surface area (Å²) >= 11 is 7.70. The zero-order chi connectivity index (χ0) is 14.4. The summed E-state index contributed by atoms with van der Waals surface area (Å²) in [7, 11) is 0. The standard InChI is InChI=1S/C14H18ClN3OS/c1-10(8-16)6-7-14-17-13(18-19-14)9-20-12-5-3-2-4-11(12)15/h2-5,10H,6-9,16H2,1H3. The summed E-state index contributed by atoms with van der Waals surface area (Å²) in [6.45, 7) is 2.80. The van der Waals surface area contributed by atoms with Gasteiger partial charge in [0.1, 0.15) is 0 Å². The zero-order valence-electron chi connectivity index (χ0n) is 11.4. The van der Waals surface area contributed by atoms with Crippen molar-refractivity contribution in [2.75, 3.05) is 6.54 Å². The number of aromatic nitrogens is 2. The van der Waals surface area contributed by atoms with Gasteiger partial charge in [0, 0.05) is 11.3 Å². The van der Waals surface area contributed by atoms with E-state index in [-0.39, 0.29) is 0 Å². The fourth-order valence-corrected chi connectivity index (χ4v) is 2.72. The van der Waals surface area contributed by atoms with Crippen LogP contribution in [-0.2, 0) is 12.2 Å². The van der Waals surface area contributed by atoms with Crippen LogP contribution in [0, 0.1) is 5.92 Å². The molecule has 2 N–H and O–H groups in total. The lowest BCUT2D eigenvalue weighted by atomic mass is 10.1. The Balaban J connectivity index is 1.85. The topological polar surface area (TPSA) is 64.9 Å². The molecule has 0 saturated carbocycles. The number of hydrogen-bond donors (Lipinski definition) is 1. The Morgan fingerprint density at radius 1 is 1.40 bits per heavy atom. The average Bonchev–Trinajstić information content (AvgIpc) is 2.92. The van der Waals surface area contributed by atoms with Crippen molar-refractivity contribution in [3.63, 3.8) is 0 Å². The number of halogens is 1. The lowest BCUT2D eigenvalue weighted by Crippen LogP contribution is -2.11. The molecule has 0 aliphatic carbocycles. The second kappa shape index (κ2) is 7.67. The van der Waals surface area contributed by atoms with Gasteiger partial charge in [-0.25, -0.2) is 0 Å². The van der Waals surface area contributed by atoms with Crippen LogP contribution in [0.5, 0.6) is 0 Å². The van der Waals surface area contributed by atoms with E-state index in [2.05, 4.69) is 17.1 Å². The highest BCUT2D eigenvalue weighted by Crippen LogP contribution is 2.28. The van der Waals surface area contributed by atoms with Gasteiger partial charge in [0.05, 0.1) is 10.8 Å². The maximum absolute atomic E-state index is 6.10. The SMILES string of the molecule is CC(CN)CCc1nc(CSc2ccccc2Cl)no1. The maximum Gasteiger partial charge on any atom is 0.226 e. The molecule has 1 atom stereocenters. The Kier molecular flexibility index (Phi) is 5.88. The number of rotatable bonds is 7. The normalized spacial score (nSPS) is 12.6. The van der Waals surface area contributed by atoms with E-state index < -0.39 is 0 Å². The van der Waals surface area contributed by atoms with Crippen molar-refractivity contribution in [2.45, 2.75) is 30.4 Å². The second-order valence-electron chi connectivity index (χ2n) is 4.70. The van der Waals surface area contributed by atoms with Gasteiger partial charge in [-0.2, -0.15) is 4.98 Å². The van der Waals surface area contributed by atoms with Gasteiger partial charge in [-0.3, -0.25) is 0 Å². The largest absolute Gasteiger partial charge is 0.339 e. The van der Waals surface area contributed by atoms with Crippen molar-refractivity contribution < 1.29 is 4.52 Å². The third kappa shape index (κ3) is 4.51. The van der Waals surface area contributed by atoms with E-state index in [9.17, 15) is 0 Å². The Bertz CT molecular complexity index is 547. The maximum atomic E-state index is 6.10. The first-order chi connectivity index (χ1) is 9.69. The first-order valence-corrected chi connectivity index (χ1v) is 7.94. The number of thioether (sulfide) groups is 1. The van der Waals surface area contributed by atoms with Gasteiger partial charge >= 0.3 is 0 Å². The third-order valence-electron chi connectivity index (χ3n) is 2.96. The molecule has 0 aliphatic rings. The van der Waals surface area contributed by atoms with Crippen LogP contribution in [-0.4, -0.2) is 16.7 Å². The highest BCUT2D eigenvalue weighted by atomic mass is 35.5. The molecule has 2 aromatic rings. The summed E-state index contributed by atoms with van der Waals surface area (Å²) < 4.78 is 5.23. The van der Waals surface area contributed by atoms with Crippen LogP contribution >= 0.6 is 23.4 Å². The Morgan fingerprint density at radius 3 is 2.95 bits per heavy atom. The summed E-state index contributed by atoms with van der Waals surface area (Å²) in [6.07, 6.45) is 1.75. The van der Waals surface area contributed by atoms with Gasteiger partial charge in [0.15, 0.2) is 5.82 Å². The monoisotopic (exact) mass is 311 g/mol. The second-order valence-corrected chi connectivity index (χ2v) is 6.13. The molecule has 1 aromatic heterocycles. The summed E-state index contributed by atoms with van der Waals surface area (Å²) in [5.41, 5.74) is 5.59. The molecular formula is C14H18ClN3OS. The van der Waals surface area contributed by atoms with Crippen LogP contribution in [0.15, 0.2) is 33.7 Å². The molecule has 1 aromatic carbocycles. The predicted octanol–water partition coefficient (Wildman–Crippen LogP) is 3.54. The molecule has 108 valence electrons. The van der Waals surface area contributed by atoms with Crippen LogP contribution in [0.3, 0.4) is 0 Å². The van der Waals surface area contributed by atoms with E-state index in [4.69, 9.17) is 21.9 Å². The Labute approximate surface area is 128 Å². The minimum atomic E-state index is 0.475. The van der Waals surface area contributed by atoms with E-state index in [0.717, 1.165) is 22.8 Å². The zero-order valence-corrected chi connectivity index (χ0v) is 13.0. The Hall–Kier alpha value is -1.04. The van der Waals surface area contributed by atoms with Crippen LogP contribution < -0.4 is 5.73 Å². The molecule has 0 fully saturated rings. The van der Waals surface area contributed by atoms with Crippen molar-refractivity contribution in [3.8, 4) is 0 Å². The number of nitrogens with two attached hydrogens (primary N) is 1. The molecule has 1 heterocycles. The van der Waals surface area contributed by atoms with Crippen LogP contribution in [0.2, 0.25) is 5.02 Å². The summed E-state index contributed by atoms with van der Waals surface area (Å²) in [4.78, 5) is 5.40. The van der Waals surface area contributed by atoms with E-state index in [1.165, 1.54) is 0 Å². The van der Waals surface area contributed by atoms with Crippen molar-refractivity contribution in [1.29, 1.82) is 0 Å². The predicted molar refractivity (Wildman–Crippen MR) is 81.9 cm³/mol. The number of aryl methyl sites for hydroxylation is 1. The van der Waals surface area contributed by atoms with Crippen molar-refractivity contribution in [1.82, 2.24) is 10.1 Å². The quantitative estimate of drug-likeness (QED) is 0.792. The van der Waals surface area contributed by atoms with Gasteiger partial charge in [-0.1, -0.05) is 35.8 Å². The molecule has 4 nitrogen and oxygen atoms in total. The molecule has 1 unspecified atom stereocenters. The van der Waals surface area contributed by atoms with E-state index in [1.54, 1.807) is 11.8 Å². The molecule has 20 heavy (non-hydrogen) atoms. The number of benzene rings is 1. The van der Waals surface area contributed by atoms with Crippen LogP contribution in [0.1, 0.15) is 25.1 Å². The molecule has 6 heteroatoms.